The molecule has 7 nitrogen and oxygen atoms in total. The van der Waals surface area contributed by atoms with Gasteiger partial charge >= 0.3 is 5.97 Å². The van der Waals surface area contributed by atoms with Crippen molar-refractivity contribution in [1.29, 1.82) is 0 Å². The van der Waals surface area contributed by atoms with Crippen molar-refractivity contribution in [3.05, 3.63) is 10.7 Å². The Balaban J connectivity index is 2.42. The molecule has 0 saturated heterocycles. The first-order chi connectivity index (χ1) is 9.15. The number of hydrogen-bond donors (Lipinski definition) is 1. The highest BCUT2D eigenvalue weighted by Crippen LogP contribution is 2.30. The van der Waals surface area contributed by atoms with E-state index in [0.717, 1.165) is 0 Å². The molecule has 2 aromatic heterocycles. The van der Waals surface area contributed by atoms with Gasteiger partial charge in [-0.15, -0.1) is 0 Å². The van der Waals surface area contributed by atoms with E-state index < -0.39 is 5.97 Å². The van der Waals surface area contributed by atoms with E-state index in [2.05, 4.69) is 20.4 Å². The Kier molecular flexibility index (Phi) is 4.10. The second-order valence-electron chi connectivity index (χ2n) is 3.59. The predicted molar refractivity (Wildman–Crippen MR) is 70.3 cm³/mol. The van der Waals surface area contributed by atoms with Gasteiger partial charge in [0.05, 0.1) is 6.61 Å². The number of aryl methyl sites for hydroxylation is 1. The Labute approximate surface area is 114 Å². The molecule has 19 heavy (non-hydrogen) atoms. The summed E-state index contributed by atoms with van der Waals surface area (Å²) in [5.74, 6) is 0.277. The molecule has 0 aliphatic heterocycles. The number of esters is 1. The van der Waals surface area contributed by atoms with Crippen molar-refractivity contribution >= 4 is 22.4 Å². The van der Waals surface area contributed by atoms with Gasteiger partial charge in [0.2, 0.25) is 0 Å². The molecule has 0 fully saturated rings. The highest BCUT2D eigenvalue weighted by Gasteiger charge is 2.24. The number of anilines is 1. The van der Waals surface area contributed by atoms with E-state index in [0.29, 0.717) is 34.7 Å². The van der Waals surface area contributed by atoms with Gasteiger partial charge in [0, 0.05) is 6.54 Å². The third-order valence-corrected chi connectivity index (χ3v) is 3.14. The van der Waals surface area contributed by atoms with Gasteiger partial charge in [-0.3, -0.25) is 0 Å². The highest BCUT2D eigenvalue weighted by atomic mass is 32.1. The van der Waals surface area contributed by atoms with Gasteiger partial charge < -0.3 is 14.6 Å². The molecular weight excluding hydrogens is 268 g/mol. The molecule has 0 spiro atoms. The lowest BCUT2D eigenvalue weighted by atomic mass is 10.3. The van der Waals surface area contributed by atoms with Crippen LogP contribution in [0, 0.1) is 6.92 Å². The Morgan fingerprint density at radius 1 is 1.42 bits per heavy atom. The molecule has 0 aliphatic rings. The summed E-state index contributed by atoms with van der Waals surface area (Å²) in [4.78, 5) is 20.6. The number of ether oxygens (including phenoxy) is 1. The first-order valence-electron chi connectivity index (χ1n) is 5.88. The number of carbonyl (C=O) groups excluding carboxylic acids is 1. The molecule has 0 radical (unpaired) electrons. The minimum atomic E-state index is -0.435. The second kappa shape index (κ2) is 5.79. The van der Waals surface area contributed by atoms with Crippen molar-refractivity contribution in [2.75, 3.05) is 18.5 Å². The van der Waals surface area contributed by atoms with Crippen LogP contribution in [0.15, 0.2) is 4.52 Å². The molecule has 0 aromatic carbocycles. The van der Waals surface area contributed by atoms with Crippen LogP contribution < -0.4 is 5.32 Å². The van der Waals surface area contributed by atoms with E-state index in [1.165, 1.54) is 11.3 Å². The number of nitrogens with zero attached hydrogens (tertiary/aromatic N) is 3. The average molecular weight is 282 g/mol. The van der Waals surface area contributed by atoms with Gasteiger partial charge in [0.15, 0.2) is 16.6 Å². The van der Waals surface area contributed by atoms with Crippen LogP contribution in [-0.2, 0) is 4.74 Å². The summed E-state index contributed by atoms with van der Waals surface area (Å²) < 4.78 is 10.1. The van der Waals surface area contributed by atoms with Gasteiger partial charge in [-0.2, -0.15) is 4.98 Å². The summed E-state index contributed by atoms with van der Waals surface area (Å²) in [6.45, 7) is 6.41. The maximum absolute atomic E-state index is 11.9. The smallest absolute Gasteiger partial charge is 0.350 e. The van der Waals surface area contributed by atoms with Crippen molar-refractivity contribution in [2.24, 2.45) is 0 Å². The number of carbonyl (C=O) groups is 1. The van der Waals surface area contributed by atoms with Gasteiger partial charge in [-0.1, -0.05) is 16.5 Å². The maximum atomic E-state index is 11.9. The van der Waals surface area contributed by atoms with Crippen LogP contribution in [0.3, 0.4) is 0 Å². The number of rotatable bonds is 5. The molecule has 2 rings (SSSR count). The summed E-state index contributed by atoms with van der Waals surface area (Å²) in [5, 5.41) is 7.37. The monoisotopic (exact) mass is 282 g/mol. The quantitative estimate of drug-likeness (QED) is 0.840. The number of aromatic nitrogens is 3. The van der Waals surface area contributed by atoms with Gasteiger partial charge in [-0.05, 0) is 20.8 Å². The van der Waals surface area contributed by atoms with E-state index in [-0.39, 0.29) is 5.89 Å². The molecule has 0 aliphatic carbocycles. The molecular formula is C11H14N4O3S. The summed E-state index contributed by atoms with van der Waals surface area (Å²) in [7, 11) is 0. The Morgan fingerprint density at radius 3 is 2.79 bits per heavy atom. The maximum Gasteiger partial charge on any atom is 0.350 e. The lowest BCUT2D eigenvalue weighted by Gasteiger charge is -1.98. The second-order valence-corrected chi connectivity index (χ2v) is 4.59. The van der Waals surface area contributed by atoms with Crippen LogP contribution in [0.5, 0.6) is 0 Å². The molecule has 102 valence electrons. The predicted octanol–water partition coefficient (Wildman–Crippen LogP) is 2.11. The number of nitrogens with one attached hydrogen (secondary N) is 1. The summed E-state index contributed by atoms with van der Waals surface area (Å²) in [6.07, 6.45) is 0. The first-order valence-corrected chi connectivity index (χ1v) is 6.69. The van der Waals surface area contributed by atoms with Crippen molar-refractivity contribution in [1.82, 2.24) is 15.1 Å². The molecule has 0 bridgehead atoms. The lowest BCUT2D eigenvalue weighted by molar-refractivity contribution is 0.0532. The Morgan fingerprint density at radius 2 is 2.21 bits per heavy atom. The van der Waals surface area contributed by atoms with Gasteiger partial charge in [0.25, 0.3) is 5.89 Å². The third kappa shape index (κ3) is 2.90. The molecule has 0 atom stereocenters. The molecule has 2 heterocycles. The Bertz CT molecular complexity index is 578. The minimum absolute atomic E-state index is 0.223. The molecule has 2 aromatic rings. The average Bonchev–Trinajstić information content (AvgIpc) is 2.96. The highest BCUT2D eigenvalue weighted by molar-refractivity contribution is 7.17. The minimum Gasteiger partial charge on any atom is -0.462 e. The molecule has 1 N–H and O–H groups in total. The van der Waals surface area contributed by atoms with Crippen LogP contribution in [0.4, 0.5) is 5.13 Å². The lowest BCUT2D eigenvalue weighted by Crippen LogP contribution is -2.04. The van der Waals surface area contributed by atoms with Gasteiger partial charge in [-0.25, -0.2) is 9.78 Å². The normalized spacial score (nSPS) is 10.5. The third-order valence-electron chi connectivity index (χ3n) is 2.15. The summed E-state index contributed by atoms with van der Waals surface area (Å²) in [6, 6.07) is 0. The van der Waals surface area contributed by atoms with Crippen molar-refractivity contribution in [2.45, 2.75) is 20.8 Å². The van der Waals surface area contributed by atoms with E-state index in [4.69, 9.17) is 9.26 Å². The van der Waals surface area contributed by atoms with Crippen LogP contribution in [0.25, 0.3) is 11.6 Å². The van der Waals surface area contributed by atoms with Gasteiger partial charge in [0.1, 0.15) is 4.88 Å². The molecule has 0 unspecified atom stereocenters. The zero-order valence-corrected chi connectivity index (χ0v) is 11.7. The fourth-order valence-corrected chi connectivity index (χ4v) is 2.34. The zero-order valence-electron chi connectivity index (χ0n) is 10.9. The summed E-state index contributed by atoms with van der Waals surface area (Å²) in [5.41, 5.74) is 0.361. The van der Waals surface area contributed by atoms with E-state index in [1.807, 2.05) is 6.92 Å². The van der Waals surface area contributed by atoms with Crippen molar-refractivity contribution in [3.8, 4) is 11.6 Å². The van der Waals surface area contributed by atoms with Crippen LogP contribution in [0.1, 0.15) is 29.3 Å². The van der Waals surface area contributed by atoms with E-state index in [1.54, 1.807) is 13.8 Å². The van der Waals surface area contributed by atoms with Crippen LogP contribution >= 0.6 is 11.3 Å². The fraction of sp³-hybridized carbons (Fsp3) is 0.455. The number of hydrogen-bond acceptors (Lipinski definition) is 8. The summed E-state index contributed by atoms with van der Waals surface area (Å²) >= 11 is 1.21. The molecule has 8 heteroatoms. The number of thiazole rings is 1. The topological polar surface area (TPSA) is 90.1 Å². The SMILES string of the molecule is CCNc1nc(-c2nc(C)no2)c(C(=O)OCC)s1. The first kappa shape index (κ1) is 13.5. The fourth-order valence-electron chi connectivity index (χ4n) is 1.42. The van der Waals surface area contributed by atoms with Crippen LogP contribution in [0.2, 0.25) is 0 Å². The molecule has 0 amide bonds. The van der Waals surface area contributed by atoms with Crippen molar-refractivity contribution in [3.63, 3.8) is 0 Å². The molecule has 0 saturated carbocycles. The largest absolute Gasteiger partial charge is 0.462 e. The van der Waals surface area contributed by atoms with E-state index >= 15 is 0 Å². The van der Waals surface area contributed by atoms with Crippen molar-refractivity contribution < 1.29 is 14.1 Å². The Hall–Kier alpha value is -1.96. The standard InChI is InChI=1S/C11H14N4O3S/c1-4-12-11-14-7(9-13-6(3)15-18-9)8(19-11)10(16)17-5-2/h4-5H2,1-3H3,(H,12,14). The van der Waals surface area contributed by atoms with Crippen LogP contribution in [-0.4, -0.2) is 34.2 Å². The zero-order chi connectivity index (χ0) is 13.8. The van der Waals surface area contributed by atoms with E-state index in [9.17, 15) is 4.79 Å².